The van der Waals surface area contributed by atoms with Crippen molar-refractivity contribution >= 4 is 34.6 Å². The number of carbonyl (C=O) groups excluding carboxylic acids is 3. The highest BCUT2D eigenvalue weighted by Gasteiger charge is 2.31. The number of nitrogens with zero attached hydrogens (tertiary/aromatic N) is 5. The minimum atomic E-state index is -0.0602. The van der Waals surface area contributed by atoms with Crippen LogP contribution in [0.2, 0.25) is 0 Å². The smallest absolute Gasteiger partial charge is 0.273 e. The number of rotatable bonds is 6. The molecule has 2 aliphatic rings. The Kier molecular flexibility index (Phi) is 7.88. The van der Waals surface area contributed by atoms with Crippen LogP contribution in [0.5, 0.6) is 0 Å². The lowest BCUT2D eigenvalue weighted by Gasteiger charge is -2.36. The summed E-state index contributed by atoms with van der Waals surface area (Å²) in [7, 11) is 0. The summed E-state index contributed by atoms with van der Waals surface area (Å²) in [6.07, 6.45) is 1.58. The van der Waals surface area contributed by atoms with Crippen molar-refractivity contribution in [3.05, 3.63) is 87.6 Å². The Morgan fingerprint density at radius 3 is 2.19 bits per heavy atom. The highest BCUT2D eigenvalue weighted by molar-refractivity contribution is 7.09. The maximum Gasteiger partial charge on any atom is 0.273 e. The molecule has 2 aromatic heterocycles. The molecule has 0 aliphatic carbocycles. The van der Waals surface area contributed by atoms with Gasteiger partial charge in [0.15, 0.2) is 5.78 Å². The Balaban J connectivity index is 1.04. The number of piperidine rings is 1. The third kappa shape index (κ3) is 5.59. The standard InChI is InChI=1S/C32H33N5O4S/c1-21(38)23-8-10-26(11-9-23)35-16-18-37(19-17-35)31(39)27-20-42-30(33-27)25-12-14-36(15-13-25)32(40)28-22(2)41-34-29(28)24-6-4-3-5-7-24/h3-11,20,25H,12-19H2,1-2H3. The first-order valence-electron chi connectivity index (χ1n) is 14.3. The SMILES string of the molecule is CC(=O)c1ccc(N2CCN(C(=O)c3csc(C4CCN(C(=O)c5c(-c6ccccc6)noc5C)CC4)n3)CC2)cc1. The topological polar surface area (TPSA) is 99.9 Å². The lowest BCUT2D eigenvalue weighted by molar-refractivity contribution is 0.0711. The molecule has 0 saturated carbocycles. The molecule has 2 aromatic carbocycles. The van der Waals surface area contributed by atoms with E-state index in [9.17, 15) is 14.4 Å². The second kappa shape index (κ2) is 11.9. The average Bonchev–Trinajstić information content (AvgIpc) is 3.68. The monoisotopic (exact) mass is 583 g/mol. The summed E-state index contributed by atoms with van der Waals surface area (Å²) < 4.78 is 5.41. The molecular formula is C32H33N5O4S. The van der Waals surface area contributed by atoms with Gasteiger partial charge >= 0.3 is 0 Å². The van der Waals surface area contributed by atoms with Crippen molar-refractivity contribution in [3.8, 4) is 11.3 Å². The van der Waals surface area contributed by atoms with Crippen LogP contribution in [-0.4, -0.2) is 76.8 Å². The second-order valence-corrected chi connectivity index (χ2v) is 11.7. The molecule has 216 valence electrons. The van der Waals surface area contributed by atoms with Crippen LogP contribution in [0.15, 0.2) is 64.5 Å². The minimum absolute atomic E-state index is 0.0342. The number of benzene rings is 2. The van der Waals surface area contributed by atoms with Gasteiger partial charge in [-0.1, -0.05) is 35.5 Å². The molecule has 4 heterocycles. The number of hydrogen-bond acceptors (Lipinski definition) is 8. The Morgan fingerprint density at radius 2 is 1.52 bits per heavy atom. The quantitative estimate of drug-likeness (QED) is 0.284. The molecule has 2 amide bonds. The van der Waals surface area contributed by atoms with Crippen LogP contribution in [0, 0.1) is 6.92 Å². The zero-order chi connectivity index (χ0) is 29.2. The molecular weight excluding hydrogens is 550 g/mol. The summed E-state index contributed by atoms with van der Waals surface area (Å²) in [5.74, 6) is 0.699. The number of piperazine rings is 1. The number of likely N-dealkylation sites (tertiary alicyclic amines) is 1. The number of aryl methyl sites for hydroxylation is 1. The largest absolute Gasteiger partial charge is 0.368 e. The normalized spacial score (nSPS) is 16.1. The summed E-state index contributed by atoms with van der Waals surface area (Å²) in [6, 6.07) is 17.3. The van der Waals surface area contributed by atoms with E-state index in [4.69, 9.17) is 9.51 Å². The molecule has 0 atom stereocenters. The van der Waals surface area contributed by atoms with Crippen molar-refractivity contribution in [1.82, 2.24) is 19.9 Å². The van der Waals surface area contributed by atoms with E-state index in [1.54, 1.807) is 13.8 Å². The fourth-order valence-corrected chi connectivity index (χ4v) is 6.68. The third-order valence-electron chi connectivity index (χ3n) is 8.20. The van der Waals surface area contributed by atoms with Gasteiger partial charge in [-0.3, -0.25) is 14.4 Å². The summed E-state index contributed by atoms with van der Waals surface area (Å²) in [4.78, 5) is 49.0. The van der Waals surface area contributed by atoms with Gasteiger partial charge in [0.05, 0.1) is 5.01 Å². The van der Waals surface area contributed by atoms with Crippen molar-refractivity contribution in [2.24, 2.45) is 0 Å². The van der Waals surface area contributed by atoms with Crippen LogP contribution >= 0.6 is 11.3 Å². The minimum Gasteiger partial charge on any atom is -0.368 e. The van der Waals surface area contributed by atoms with Crippen molar-refractivity contribution in [2.45, 2.75) is 32.6 Å². The van der Waals surface area contributed by atoms with E-state index in [2.05, 4.69) is 10.1 Å². The van der Waals surface area contributed by atoms with E-state index in [0.717, 1.165) is 42.2 Å². The maximum absolute atomic E-state index is 13.5. The van der Waals surface area contributed by atoms with Crippen molar-refractivity contribution < 1.29 is 18.9 Å². The first kappa shape index (κ1) is 27.8. The molecule has 0 bridgehead atoms. The van der Waals surface area contributed by atoms with Gasteiger partial charge in [-0.25, -0.2) is 4.98 Å². The van der Waals surface area contributed by atoms with Gasteiger partial charge in [-0.05, 0) is 51.0 Å². The maximum atomic E-state index is 13.5. The lowest BCUT2D eigenvalue weighted by atomic mass is 9.96. The Bertz CT molecular complexity index is 1580. The molecule has 10 heteroatoms. The van der Waals surface area contributed by atoms with Gasteiger partial charge in [-0.15, -0.1) is 11.3 Å². The van der Waals surface area contributed by atoms with Gasteiger partial charge in [-0.2, -0.15) is 0 Å². The predicted octanol–water partition coefficient (Wildman–Crippen LogP) is 5.29. The molecule has 42 heavy (non-hydrogen) atoms. The predicted molar refractivity (Wildman–Crippen MR) is 161 cm³/mol. The first-order chi connectivity index (χ1) is 20.4. The number of thiazole rings is 1. The van der Waals surface area contributed by atoms with E-state index in [0.29, 0.717) is 54.5 Å². The fourth-order valence-electron chi connectivity index (χ4n) is 5.71. The van der Waals surface area contributed by atoms with E-state index < -0.39 is 0 Å². The van der Waals surface area contributed by atoms with Gasteiger partial charge in [0.25, 0.3) is 11.8 Å². The molecule has 6 rings (SSSR count). The molecule has 4 aromatic rings. The highest BCUT2D eigenvalue weighted by Crippen LogP contribution is 2.33. The van der Waals surface area contributed by atoms with Crippen molar-refractivity contribution in [2.75, 3.05) is 44.2 Å². The number of aromatic nitrogens is 2. The zero-order valence-electron chi connectivity index (χ0n) is 23.8. The summed E-state index contributed by atoms with van der Waals surface area (Å²) >= 11 is 1.53. The van der Waals surface area contributed by atoms with Crippen LogP contribution in [0.25, 0.3) is 11.3 Å². The van der Waals surface area contributed by atoms with E-state index >= 15 is 0 Å². The van der Waals surface area contributed by atoms with Gasteiger partial charge in [0.2, 0.25) is 0 Å². The average molecular weight is 584 g/mol. The Labute approximate surface area is 248 Å². The van der Waals surface area contributed by atoms with E-state index in [-0.39, 0.29) is 23.5 Å². The van der Waals surface area contributed by atoms with E-state index in [1.165, 1.54) is 11.3 Å². The summed E-state index contributed by atoms with van der Waals surface area (Å²) in [5, 5.41) is 7.00. The first-order valence-corrected chi connectivity index (χ1v) is 15.2. The lowest BCUT2D eigenvalue weighted by Crippen LogP contribution is -2.48. The fraction of sp³-hybridized carbons (Fsp3) is 0.344. The van der Waals surface area contributed by atoms with Gasteiger partial charge in [0.1, 0.15) is 22.7 Å². The van der Waals surface area contributed by atoms with Gasteiger partial charge in [0, 0.05) is 67.4 Å². The van der Waals surface area contributed by atoms with Crippen LogP contribution in [-0.2, 0) is 0 Å². The molecule has 9 nitrogen and oxygen atoms in total. The Hall–Kier alpha value is -4.31. The van der Waals surface area contributed by atoms with Crippen LogP contribution in [0.3, 0.4) is 0 Å². The highest BCUT2D eigenvalue weighted by atomic mass is 32.1. The third-order valence-corrected chi connectivity index (χ3v) is 9.21. The molecule has 2 fully saturated rings. The molecule has 0 radical (unpaired) electrons. The van der Waals surface area contributed by atoms with Gasteiger partial charge < -0.3 is 19.2 Å². The van der Waals surface area contributed by atoms with Crippen molar-refractivity contribution in [3.63, 3.8) is 0 Å². The number of carbonyl (C=O) groups is 3. The number of hydrogen-bond donors (Lipinski definition) is 0. The second-order valence-electron chi connectivity index (χ2n) is 10.8. The molecule has 2 aliphatic heterocycles. The molecule has 2 saturated heterocycles. The van der Waals surface area contributed by atoms with Crippen LogP contribution in [0.1, 0.15) is 67.7 Å². The number of amides is 2. The number of ketones is 1. The zero-order valence-corrected chi connectivity index (χ0v) is 24.6. The summed E-state index contributed by atoms with van der Waals surface area (Å²) in [6.45, 7) is 7.26. The Morgan fingerprint density at radius 1 is 0.857 bits per heavy atom. The number of anilines is 1. The van der Waals surface area contributed by atoms with Crippen molar-refractivity contribution in [1.29, 1.82) is 0 Å². The molecule has 0 unspecified atom stereocenters. The van der Waals surface area contributed by atoms with Crippen LogP contribution < -0.4 is 4.90 Å². The van der Waals surface area contributed by atoms with E-state index in [1.807, 2.05) is 69.8 Å². The molecule has 0 spiro atoms. The van der Waals surface area contributed by atoms with Crippen LogP contribution in [0.4, 0.5) is 5.69 Å². The molecule has 0 N–H and O–H groups in total. The number of Topliss-reactive ketones (excluding diaryl/α,β-unsaturated/α-hetero) is 1. The summed E-state index contributed by atoms with van der Waals surface area (Å²) in [5.41, 5.74) is 4.22.